The van der Waals surface area contributed by atoms with Crippen molar-refractivity contribution in [2.45, 2.75) is 12.6 Å². The summed E-state index contributed by atoms with van der Waals surface area (Å²) in [5.41, 5.74) is -0.183. The van der Waals surface area contributed by atoms with Gasteiger partial charge < -0.3 is 10.6 Å². The molecular weight excluding hydrogens is 415 g/mol. The van der Waals surface area contributed by atoms with Gasteiger partial charge in [0, 0.05) is 31.6 Å². The number of alkyl halides is 3. The minimum absolute atomic E-state index is 0.0542. The predicted octanol–water partition coefficient (Wildman–Crippen LogP) is 2.24. The Morgan fingerprint density at radius 2 is 1.39 bits per heavy atom. The van der Waals surface area contributed by atoms with Gasteiger partial charge in [-0.2, -0.15) is 13.2 Å². The molecule has 7 nitrogen and oxygen atoms in total. The topological polar surface area (TPSA) is 95.6 Å². The van der Waals surface area contributed by atoms with Gasteiger partial charge in [-0.05, 0) is 36.4 Å². The van der Waals surface area contributed by atoms with Crippen LogP contribution in [0, 0.1) is 0 Å². The highest BCUT2D eigenvalue weighted by Gasteiger charge is 2.35. The van der Waals surface area contributed by atoms with E-state index >= 15 is 0 Å². The average molecular weight is 433 g/mol. The largest absolute Gasteiger partial charge is 0.416 e. The summed E-state index contributed by atoms with van der Waals surface area (Å²) in [4.78, 5) is 49.4. The maximum atomic E-state index is 12.5. The number of carbonyl (C=O) groups excluding carboxylic acids is 4. The molecule has 10 heteroatoms. The minimum Gasteiger partial charge on any atom is -0.354 e. The summed E-state index contributed by atoms with van der Waals surface area (Å²) < 4.78 is 37.6. The van der Waals surface area contributed by atoms with E-state index in [0.717, 1.165) is 29.2 Å². The van der Waals surface area contributed by atoms with Crippen molar-refractivity contribution in [2.24, 2.45) is 0 Å². The minimum atomic E-state index is -4.48. The van der Waals surface area contributed by atoms with E-state index in [-0.39, 0.29) is 31.6 Å². The van der Waals surface area contributed by atoms with Crippen molar-refractivity contribution in [1.29, 1.82) is 0 Å². The van der Waals surface area contributed by atoms with E-state index < -0.39 is 35.4 Å². The molecule has 0 fully saturated rings. The van der Waals surface area contributed by atoms with Crippen LogP contribution in [0.4, 0.5) is 13.2 Å². The number of fused-ring (bicyclic) bond motifs is 1. The number of hydrogen-bond donors (Lipinski definition) is 2. The first-order chi connectivity index (χ1) is 14.7. The number of carbonyl (C=O) groups is 4. The monoisotopic (exact) mass is 433 g/mol. The van der Waals surface area contributed by atoms with Gasteiger partial charge >= 0.3 is 6.18 Å². The average Bonchev–Trinajstić information content (AvgIpc) is 2.99. The zero-order valence-electron chi connectivity index (χ0n) is 16.2. The Labute approximate surface area is 175 Å². The van der Waals surface area contributed by atoms with Crippen LogP contribution in [-0.4, -0.2) is 48.2 Å². The number of nitrogens with one attached hydrogen (secondary N) is 2. The molecule has 2 N–H and O–H groups in total. The lowest BCUT2D eigenvalue weighted by Gasteiger charge is -2.13. The van der Waals surface area contributed by atoms with E-state index in [2.05, 4.69) is 10.6 Å². The van der Waals surface area contributed by atoms with Gasteiger partial charge in [-0.25, -0.2) is 0 Å². The van der Waals surface area contributed by atoms with Crippen LogP contribution in [-0.2, 0) is 11.0 Å². The molecule has 2 aromatic rings. The molecule has 0 saturated carbocycles. The Bertz CT molecular complexity index is 984. The summed E-state index contributed by atoms with van der Waals surface area (Å²) in [6, 6.07) is 10.2. The number of imide groups is 1. The van der Waals surface area contributed by atoms with Crippen LogP contribution in [0.5, 0.6) is 0 Å². The number of hydrogen-bond acceptors (Lipinski definition) is 4. The zero-order chi connectivity index (χ0) is 22.6. The number of rotatable bonds is 7. The van der Waals surface area contributed by atoms with Crippen molar-refractivity contribution >= 4 is 23.6 Å². The molecule has 0 aromatic heterocycles. The van der Waals surface area contributed by atoms with Gasteiger partial charge in [0.05, 0.1) is 16.7 Å². The molecule has 3 rings (SSSR count). The summed E-state index contributed by atoms with van der Waals surface area (Å²) in [6.45, 7) is 0.0576. The van der Waals surface area contributed by atoms with Crippen LogP contribution >= 0.6 is 0 Å². The van der Waals surface area contributed by atoms with Crippen LogP contribution < -0.4 is 10.6 Å². The molecule has 0 unspecified atom stereocenters. The predicted molar refractivity (Wildman–Crippen MR) is 103 cm³/mol. The van der Waals surface area contributed by atoms with E-state index in [1.165, 1.54) is 0 Å². The van der Waals surface area contributed by atoms with Crippen molar-refractivity contribution in [1.82, 2.24) is 15.5 Å². The molecule has 1 heterocycles. The molecule has 0 aliphatic carbocycles. The standard InChI is InChI=1S/C21H18F3N3O4/c22-21(23,24)14-7-5-13(6-8-14)18(29)26-11-10-25-17(28)9-12-27-19(30)15-3-1-2-4-16(15)20(27)31/h1-8H,9-12H2,(H,25,28)(H,26,29). The van der Waals surface area contributed by atoms with Gasteiger partial charge in [-0.15, -0.1) is 0 Å². The third-order valence-corrected chi connectivity index (χ3v) is 4.65. The van der Waals surface area contributed by atoms with Gasteiger partial charge in [0.1, 0.15) is 0 Å². The van der Waals surface area contributed by atoms with Gasteiger partial charge in [0.15, 0.2) is 0 Å². The molecule has 0 spiro atoms. The molecule has 1 aliphatic rings. The Morgan fingerprint density at radius 1 is 0.839 bits per heavy atom. The van der Waals surface area contributed by atoms with E-state index in [4.69, 9.17) is 0 Å². The van der Waals surface area contributed by atoms with Crippen LogP contribution in [0.15, 0.2) is 48.5 Å². The van der Waals surface area contributed by atoms with Gasteiger partial charge in [0.25, 0.3) is 17.7 Å². The highest BCUT2D eigenvalue weighted by molar-refractivity contribution is 6.21. The summed E-state index contributed by atoms with van der Waals surface area (Å²) in [5, 5.41) is 5.02. The molecule has 0 bridgehead atoms. The normalized spacial score (nSPS) is 13.2. The third kappa shape index (κ3) is 5.08. The van der Waals surface area contributed by atoms with E-state index in [1.807, 2.05) is 0 Å². The van der Waals surface area contributed by atoms with Crippen LogP contribution in [0.3, 0.4) is 0 Å². The first-order valence-electron chi connectivity index (χ1n) is 9.36. The first-order valence-corrected chi connectivity index (χ1v) is 9.36. The van der Waals surface area contributed by atoms with Crippen molar-refractivity contribution in [3.05, 3.63) is 70.8 Å². The van der Waals surface area contributed by atoms with Crippen LogP contribution in [0.25, 0.3) is 0 Å². The lowest BCUT2D eigenvalue weighted by atomic mass is 10.1. The fraction of sp³-hybridized carbons (Fsp3) is 0.238. The molecule has 0 radical (unpaired) electrons. The molecule has 2 aromatic carbocycles. The van der Waals surface area contributed by atoms with E-state index in [9.17, 15) is 32.3 Å². The lowest BCUT2D eigenvalue weighted by molar-refractivity contribution is -0.137. The zero-order valence-corrected chi connectivity index (χ0v) is 16.2. The molecule has 4 amide bonds. The van der Waals surface area contributed by atoms with Crippen molar-refractivity contribution in [2.75, 3.05) is 19.6 Å². The second-order valence-electron chi connectivity index (χ2n) is 6.74. The quantitative estimate of drug-likeness (QED) is 0.517. The fourth-order valence-corrected chi connectivity index (χ4v) is 3.03. The van der Waals surface area contributed by atoms with Gasteiger partial charge in [-0.1, -0.05) is 12.1 Å². The number of amides is 4. The maximum absolute atomic E-state index is 12.5. The van der Waals surface area contributed by atoms with Crippen molar-refractivity contribution in [3.63, 3.8) is 0 Å². The Kier molecular flexibility index (Phi) is 6.38. The van der Waals surface area contributed by atoms with Crippen molar-refractivity contribution < 1.29 is 32.3 Å². The smallest absolute Gasteiger partial charge is 0.354 e. The number of nitrogens with zero attached hydrogens (tertiary/aromatic N) is 1. The summed E-state index contributed by atoms with van der Waals surface area (Å²) in [6.07, 6.45) is -4.58. The number of benzene rings is 2. The summed E-state index contributed by atoms with van der Waals surface area (Å²) in [7, 11) is 0. The molecule has 162 valence electrons. The Balaban J connectivity index is 1.39. The highest BCUT2D eigenvalue weighted by Crippen LogP contribution is 2.29. The first kappa shape index (κ1) is 22.0. The third-order valence-electron chi connectivity index (χ3n) is 4.65. The van der Waals surface area contributed by atoms with Gasteiger partial charge in [0.2, 0.25) is 5.91 Å². The molecule has 31 heavy (non-hydrogen) atoms. The van der Waals surface area contributed by atoms with E-state index in [0.29, 0.717) is 11.1 Å². The second kappa shape index (κ2) is 8.99. The lowest BCUT2D eigenvalue weighted by Crippen LogP contribution is -2.37. The Hall–Kier alpha value is -3.69. The summed E-state index contributed by atoms with van der Waals surface area (Å²) in [5.74, 6) is -1.89. The van der Waals surface area contributed by atoms with Crippen molar-refractivity contribution in [3.8, 4) is 0 Å². The number of halogens is 3. The van der Waals surface area contributed by atoms with Crippen LogP contribution in [0.2, 0.25) is 0 Å². The fourth-order valence-electron chi connectivity index (χ4n) is 3.03. The van der Waals surface area contributed by atoms with Gasteiger partial charge in [-0.3, -0.25) is 24.1 Å². The van der Waals surface area contributed by atoms with Crippen LogP contribution in [0.1, 0.15) is 43.1 Å². The highest BCUT2D eigenvalue weighted by atomic mass is 19.4. The summed E-state index contributed by atoms with van der Waals surface area (Å²) >= 11 is 0. The SMILES string of the molecule is O=C(CCN1C(=O)c2ccccc2C1=O)NCCNC(=O)c1ccc(C(F)(F)F)cc1. The Morgan fingerprint density at radius 3 is 1.94 bits per heavy atom. The van der Waals surface area contributed by atoms with E-state index in [1.54, 1.807) is 24.3 Å². The molecule has 0 atom stereocenters. The molecule has 0 saturated heterocycles. The maximum Gasteiger partial charge on any atom is 0.416 e. The second-order valence-corrected chi connectivity index (χ2v) is 6.74. The molecule has 1 aliphatic heterocycles. The molecular formula is C21H18F3N3O4.